The van der Waals surface area contributed by atoms with Crippen molar-refractivity contribution in [3.8, 4) is 0 Å². The van der Waals surface area contributed by atoms with E-state index in [4.69, 9.17) is 4.63 Å². The Bertz CT molecular complexity index is 873. The average Bonchev–Trinajstić information content (AvgIpc) is 3.16. The van der Waals surface area contributed by atoms with Crippen LogP contribution in [0.25, 0.3) is 0 Å². The lowest BCUT2D eigenvalue weighted by molar-refractivity contribution is -0.123. The summed E-state index contributed by atoms with van der Waals surface area (Å²) in [4.78, 5) is 19.2. The van der Waals surface area contributed by atoms with Crippen LogP contribution in [0, 0.1) is 11.7 Å². The van der Waals surface area contributed by atoms with Gasteiger partial charge in [0.15, 0.2) is 11.5 Å². The molecule has 0 amide bonds. The van der Waals surface area contributed by atoms with Crippen molar-refractivity contribution >= 4 is 33.2 Å². The molecule has 0 aliphatic carbocycles. The number of halogens is 2. The van der Waals surface area contributed by atoms with Crippen molar-refractivity contribution in [2.24, 2.45) is 10.9 Å². The third-order valence-corrected chi connectivity index (χ3v) is 5.39. The number of rotatable bonds is 6. The van der Waals surface area contributed by atoms with Crippen LogP contribution in [0.15, 0.2) is 32.3 Å². The van der Waals surface area contributed by atoms with Gasteiger partial charge < -0.3 is 4.90 Å². The van der Waals surface area contributed by atoms with Crippen LogP contribution in [0.2, 0.25) is 0 Å². The summed E-state index contributed by atoms with van der Waals surface area (Å²) in [6.45, 7) is 4.74. The Labute approximate surface area is 169 Å². The second kappa shape index (κ2) is 9.35. The number of Topliss-reactive ketones (excluding diaryl/α,β-unsaturated/α-hetero) is 1. The molecule has 0 bridgehead atoms. The molecule has 0 saturated carbocycles. The fourth-order valence-electron chi connectivity index (χ4n) is 3.23. The zero-order chi connectivity index (χ0) is 20.1. The van der Waals surface area contributed by atoms with Crippen LogP contribution < -0.4 is 5.48 Å². The summed E-state index contributed by atoms with van der Waals surface area (Å²) < 4.78 is 18.4. The summed E-state index contributed by atoms with van der Waals surface area (Å²) in [6, 6.07) is 4.13. The first-order chi connectivity index (χ1) is 13.5. The Hall–Kier alpha value is -2.17. The molecule has 0 radical (unpaired) electrons. The lowest BCUT2D eigenvalue weighted by Crippen LogP contribution is -2.39. The molecule has 2 aromatic rings. The van der Waals surface area contributed by atoms with Gasteiger partial charge in [0.25, 0.3) is 0 Å². The first kappa shape index (κ1) is 20.6. The molecule has 1 aromatic carbocycles. The molecule has 10 heteroatoms. The number of hydrogen-bond donors (Lipinski definition) is 2. The van der Waals surface area contributed by atoms with E-state index < -0.39 is 5.82 Å². The number of nitrogens with zero attached hydrogens (tertiary/aromatic N) is 4. The number of nitrogens with one attached hydrogen (secondary N) is 1. The number of amidine groups is 1. The van der Waals surface area contributed by atoms with Crippen LogP contribution in [0.3, 0.4) is 0 Å². The minimum Gasteiger partial charge on any atom is -0.303 e. The largest absolute Gasteiger partial charge is 0.303 e. The molecule has 0 spiro atoms. The van der Waals surface area contributed by atoms with Crippen molar-refractivity contribution in [3.05, 3.63) is 39.9 Å². The minimum atomic E-state index is -0.430. The number of carbonyl (C=O) groups excluding carboxylic acids is 1. The number of hydroxylamine groups is 1. The van der Waals surface area contributed by atoms with E-state index in [1.54, 1.807) is 0 Å². The zero-order valence-corrected chi connectivity index (χ0v) is 16.9. The Balaban J connectivity index is 1.78. The monoisotopic (exact) mass is 453 g/mol. The van der Waals surface area contributed by atoms with Gasteiger partial charge in [-0.25, -0.2) is 14.0 Å². The molecule has 1 aliphatic rings. The smallest absolute Gasteiger partial charge is 0.182 e. The van der Waals surface area contributed by atoms with Crippen LogP contribution in [0.4, 0.5) is 10.1 Å². The van der Waals surface area contributed by atoms with Gasteiger partial charge >= 0.3 is 0 Å². The van der Waals surface area contributed by atoms with E-state index in [-0.39, 0.29) is 34.1 Å². The number of aromatic nitrogens is 2. The van der Waals surface area contributed by atoms with Gasteiger partial charge in [-0.05, 0) is 65.2 Å². The number of benzene rings is 1. The van der Waals surface area contributed by atoms with Gasteiger partial charge in [0.1, 0.15) is 17.3 Å². The van der Waals surface area contributed by atoms with E-state index in [9.17, 15) is 14.4 Å². The number of aliphatic imine (C=N–C) groups is 1. The maximum Gasteiger partial charge on any atom is 0.182 e. The number of hydrogen-bond acceptors (Lipinski definition) is 7. The predicted octanol–water partition coefficient (Wildman–Crippen LogP) is 2.87. The normalized spacial score (nSPS) is 18.3. The van der Waals surface area contributed by atoms with Gasteiger partial charge in [-0.1, -0.05) is 12.1 Å². The topological polar surface area (TPSA) is 104 Å². The number of carbonyl (C=O) groups is 1. The predicted molar refractivity (Wildman–Crippen MR) is 103 cm³/mol. The minimum absolute atomic E-state index is 0.0366. The van der Waals surface area contributed by atoms with Crippen LogP contribution >= 0.6 is 15.9 Å². The van der Waals surface area contributed by atoms with Crippen LogP contribution in [-0.2, 0) is 11.2 Å². The van der Waals surface area contributed by atoms with E-state index >= 15 is 0 Å². The highest BCUT2D eigenvalue weighted by Crippen LogP contribution is 2.23. The molecule has 2 N–H and O–H groups in total. The third kappa shape index (κ3) is 4.81. The Morgan fingerprint density at radius 2 is 2.32 bits per heavy atom. The lowest BCUT2D eigenvalue weighted by atomic mass is 9.91. The van der Waals surface area contributed by atoms with E-state index in [1.165, 1.54) is 18.2 Å². The van der Waals surface area contributed by atoms with Gasteiger partial charge in [0.05, 0.1) is 16.6 Å². The molecule has 1 unspecified atom stereocenters. The Morgan fingerprint density at radius 1 is 1.50 bits per heavy atom. The molecule has 8 nitrogen and oxygen atoms in total. The second-order valence-corrected chi connectivity index (χ2v) is 7.46. The van der Waals surface area contributed by atoms with E-state index in [0.717, 1.165) is 32.5 Å². The summed E-state index contributed by atoms with van der Waals surface area (Å²) in [6.07, 6.45) is 1.87. The first-order valence-electron chi connectivity index (χ1n) is 9.02. The summed E-state index contributed by atoms with van der Waals surface area (Å²) in [5.74, 6) is -0.479. The van der Waals surface area contributed by atoms with Gasteiger partial charge in [-0.3, -0.25) is 15.5 Å². The maximum atomic E-state index is 13.4. The molecule has 28 heavy (non-hydrogen) atoms. The Morgan fingerprint density at radius 3 is 3.04 bits per heavy atom. The van der Waals surface area contributed by atoms with E-state index in [1.807, 2.05) is 5.48 Å². The van der Waals surface area contributed by atoms with Crippen molar-refractivity contribution in [1.82, 2.24) is 20.7 Å². The molecule has 1 saturated heterocycles. The standard InChI is InChI=1S/C18H21BrFN5O3/c1-2-25-7-3-4-11(10-25)16(26)9-15-17(24-28-23-15)18(22-27)21-12-5-6-14(20)13(19)8-12/h5-6,8,11,27H,2-4,7,9-10H2,1H3,(H,21,22). The first-order valence-corrected chi connectivity index (χ1v) is 9.81. The van der Waals surface area contributed by atoms with Gasteiger partial charge in [0.2, 0.25) is 0 Å². The van der Waals surface area contributed by atoms with E-state index in [2.05, 4.69) is 43.1 Å². The van der Waals surface area contributed by atoms with Crippen LogP contribution in [-0.4, -0.2) is 51.7 Å². The molecule has 1 fully saturated rings. The van der Waals surface area contributed by atoms with Gasteiger partial charge in [0, 0.05) is 12.5 Å². The quantitative estimate of drug-likeness (QED) is 0.393. The van der Waals surface area contributed by atoms with Crippen molar-refractivity contribution in [2.75, 3.05) is 19.6 Å². The van der Waals surface area contributed by atoms with Crippen molar-refractivity contribution < 1.29 is 19.0 Å². The van der Waals surface area contributed by atoms with Crippen molar-refractivity contribution in [3.63, 3.8) is 0 Å². The summed E-state index contributed by atoms with van der Waals surface area (Å²) >= 11 is 3.09. The zero-order valence-electron chi connectivity index (χ0n) is 15.4. The number of likely N-dealkylation sites (tertiary alicyclic amines) is 1. The second-order valence-electron chi connectivity index (χ2n) is 6.61. The highest BCUT2D eigenvalue weighted by Gasteiger charge is 2.27. The number of piperidine rings is 1. The molecule has 150 valence electrons. The highest BCUT2D eigenvalue weighted by atomic mass is 79.9. The lowest BCUT2D eigenvalue weighted by Gasteiger charge is -2.30. The summed E-state index contributed by atoms with van der Waals surface area (Å²) in [5, 5.41) is 17.1. The molecule has 1 aromatic heterocycles. The molecule has 1 aliphatic heterocycles. The SMILES string of the molecule is CCN1CCCC(C(=O)Cc2nonc2C(=Nc2ccc(F)c(Br)c2)NO)C1. The molecule has 3 rings (SSSR count). The molecule has 2 heterocycles. The molecule has 1 atom stereocenters. The summed E-state index contributed by atoms with van der Waals surface area (Å²) in [5.41, 5.74) is 2.76. The van der Waals surface area contributed by atoms with Gasteiger partial charge in [-0.15, -0.1) is 0 Å². The summed E-state index contributed by atoms with van der Waals surface area (Å²) in [7, 11) is 0. The van der Waals surface area contributed by atoms with Crippen molar-refractivity contribution in [2.45, 2.75) is 26.2 Å². The molecular weight excluding hydrogens is 433 g/mol. The molecular formula is C18H21BrFN5O3. The third-order valence-electron chi connectivity index (χ3n) is 4.78. The fourth-order valence-corrected chi connectivity index (χ4v) is 3.60. The highest BCUT2D eigenvalue weighted by molar-refractivity contribution is 9.10. The average molecular weight is 454 g/mol. The van der Waals surface area contributed by atoms with Crippen molar-refractivity contribution in [1.29, 1.82) is 0 Å². The van der Waals surface area contributed by atoms with E-state index in [0.29, 0.717) is 11.4 Å². The Kier molecular flexibility index (Phi) is 6.87. The van der Waals surface area contributed by atoms with Gasteiger partial charge in [-0.2, -0.15) is 0 Å². The fraction of sp³-hybridized carbons (Fsp3) is 0.444. The maximum absolute atomic E-state index is 13.4. The number of ketones is 1. The van der Waals surface area contributed by atoms with Crippen LogP contribution in [0.5, 0.6) is 0 Å². The van der Waals surface area contributed by atoms with Crippen LogP contribution in [0.1, 0.15) is 31.2 Å².